The third-order valence-electron chi connectivity index (χ3n) is 3.13. The average Bonchev–Trinajstić information content (AvgIpc) is 2.68. The van der Waals surface area contributed by atoms with Gasteiger partial charge in [-0.1, -0.05) is 26.7 Å². The Balaban J connectivity index is 2.45. The Morgan fingerprint density at radius 3 is 2.50 bits per heavy atom. The molecule has 3 nitrogen and oxygen atoms in total. The lowest BCUT2D eigenvalue weighted by atomic mass is 10.1. The van der Waals surface area contributed by atoms with E-state index >= 15 is 0 Å². The number of ether oxygens (including phenoxy) is 1. The zero-order valence-electron chi connectivity index (χ0n) is 10.9. The van der Waals surface area contributed by atoms with Crippen LogP contribution in [0.15, 0.2) is 0 Å². The monoisotopic (exact) mass is 227 g/mol. The Kier molecular flexibility index (Phi) is 5.99. The lowest BCUT2D eigenvalue weighted by molar-refractivity contribution is -0.124. The minimum Gasteiger partial charge on any atom is -0.377 e. The van der Waals surface area contributed by atoms with Crippen LogP contribution in [0.4, 0.5) is 0 Å². The van der Waals surface area contributed by atoms with E-state index in [4.69, 9.17) is 4.74 Å². The molecule has 0 radical (unpaired) electrons. The molecule has 94 valence electrons. The number of nitrogens with zero attached hydrogens (tertiary/aromatic N) is 1. The predicted octanol–water partition coefficient (Wildman–Crippen LogP) is 2.10. The standard InChI is InChI=1S/C13H25NO2/c1-11(2)8-14(9-13(15)10-16-3)12-6-4-5-7-12/h11-12H,4-10H2,1-3H3. The number of hydrogen-bond acceptors (Lipinski definition) is 3. The maximum Gasteiger partial charge on any atom is 0.172 e. The second-order valence-corrected chi connectivity index (χ2v) is 5.23. The zero-order chi connectivity index (χ0) is 12.0. The average molecular weight is 227 g/mol. The molecule has 0 amide bonds. The van der Waals surface area contributed by atoms with Crippen LogP contribution in [-0.2, 0) is 9.53 Å². The maximum atomic E-state index is 11.6. The van der Waals surface area contributed by atoms with Crippen LogP contribution in [-0.4, -0.2) is 43.5 Å². The molecule has 0 aromatic carbocycles. The van der Waals surface area contributed by atoms with Gasteiger partial charge in [0.05, 0.1) is 6.54 Å². The van der Waals surface area contributed by atoms with Crippen LogP contribution >= 0.6 is 0 Å². The highest BCUT2D eigenvalue weighted by molar-refractivity contribution is 5.81. The van der Waals surface area contributed by atoms with Crippen molar-refractivity contribution in [2.45, 2.75) is 45.6 Å². The predicted molar refractivity (Wildman–Crippen MR) is 65.6 cm³/mol. The highest BCUT2D eigenvalue weighted by atomic mass is 16.5. The molecule has 0 atom stereocenters. The van der Waals surface area contributed by atoms with E-state index in [-0.39, 0.29) is 12.4 Å². The molecule has 0 heterocycles. The van der Waals surface area contributed by atoms with E-state index in [1.807, 2.05) is 0 Å². The third-order valence-corrected chi connectivity index (χ3v) is 3.13. The van der Waals surface area contributed by atoms with Crippen molar-refractivity contribution in [3.63, 3.8) is 0 Å². The molecule has 0 spiro atoms. The van der Waals surface area contributed by atoms with Crippen molar-refractivity contribution in [2.75, 3.05) is 26.8 Å². The van der Waals surface area contributed by atoms with Crippen LogP contribution in [0.25, 0.3) is 0 Å². The van der Waals surface area contributed by atoms with Gasteiger partial charge in [0, 0.05) is 19.7 Å². The fourth-order valence-electron chi connectivity index (χ4n) is 2.51. The van der Waals surface area contributed by atoms with Gasteiger partial charge in [-0.25, -0.2) is 0 Å². The number of carbonyl (C=O) groups is 1. The Bertz CT molecular complexity index is 210. The normalized spacial score (nSPS) is 17.6. The number of carbonyl (C=O) groups excluding carboxylic acids is 1. The summed E-state index contributed by atoms with van der Waals surface area (Å²) in [4.78, 5) is 14.0. The minimum atomic E-state index is 0.204. The van der Waals surface area contributed by atoms with Crippen LogP contribution in [0.5, 0.6) is 0 Å². The lowest BCUT2D eigenvalue weighted by Crippen LogP contribution is -2.40. The molecule has 1 rings (SSSR count). The second-order valence-electron chi connectivity index (χ2n) is 5.23. The summed E-state index contributed by atoms with van der Waals surface area (Å²) in [5.74, 6) is 0.825. The maximum absolute atomic E-state index is 11.6. The zero-order valence-corrected chi connectivity index (χ0v) is 10.9. The molecule has 1 saturated carbocycles. The quantitative estimate of drug-likeness (QED) is 0.667. The highest BCUT2D eigenvalue weighted by Gasteiger charge is 2.24. The Hall–Kier alpha value is -0.410. The summed E-state index contributed by atoms with van der Waals surface area (Å²) >= 11 is 0. The summed E-state index contributed by atoms with van der Waals surface area (Å²) in [7, 11) is 1.58. The molecule has 0 saturated heterocycles. The van der Waals surface area contributed by atoms with Crippen molar-refractivity contribution < 1.29 is 9.53 Å². The molecule has 1 fully saturated rings. The summed E-state index contributed by atoms with van der Waals surface area (Å²) in [5, 5.41) is 0. The fourth-order valence-corrected chi connectivity index (χ4v) is 2.51. The number of hydrogen-bond donors (Lipinski definition) is 0. The summed E-state index contributed by atoms with van der Waals surface area (Å²) < 4.78 is 4.90. The molecule has 0 aromatic heterocycles. The van der Waals surface area contributed by atoms with E-state index in [9.17, 15) is 4.79 Å². The van der Waals surface area contributed by atoms with E-state index in [1.54, 1.807) is 7.11 Å². The van der Waals surface area contributed by atoms with E-state index < -0.39 is 0 Å². The van der Waals surface area contributed by atoms with Gasteiger partial charge in [-0.05, 0) is 18.8 Å². The van der Waals surface area contributed by atoms with E-state index in [0.29, 0.717) is 18.5 Å². The van der Waals surface area contributed by atoms with Gasteiger partial charge in [0.15, 0.2) is 5.78 Å². The van der Waals surface area contributed by atoms with Gasteiger partial charge in [-0.3, -0.25) is 9.69 Å². The van der Waals surface area contributed by atoms with Crippen LogP contribution in [0.1, 0.15) is 39.5 Å². The third kappa shape index (κ3) is 4.62. The number of ketones is 1. The summed E-state index contributed by atoms with van der Waals surface area (Å²) in [6.45, 7) is 6.27. The molecule has 1 aliphatic rings. The number of Topliss-reactive ketones (excluding diaryl/α,β-unsaturated/α-hetero) is 1. The molecule has 1 aliphatic carbocycles. The van der Waals surface area contributed by atoms with Crippen molar-refractivity contribution in [3.05, 3.63) is 0 Å². The highest BCUT2D eigenvalue weighted by Crippen LogP contribution is 2.24. The van der Waals surface area contributed by atoms with Crippen molar-refractivity contribution in [1.29, 1.82) is 0 Å². The van der Waals surface area contributed by atoms with Gasteiger partial charge in [-0.2, -0.15) is 0 Å². The summed E-state index contributed by atoms with van der Waals surface area (Å²) in [5.41, 5.74) is 0. The van der Waals surface area contributed by atoms with Crippen molar-refractivity contribution in [1.82, 2.24) is 4.90 Å². The Labute approximate surface area is 99.1 Å². The van der Waals surface area contributed by atoms with Gasteiger partial charge in [0.1, 0.15) is 6.61 Å². The number of rotatable bonds is 7. The van der Waals surface area contributed by atoms with Crippen LogP contribution < -0.4 is 0 Å². The first-order valence-electron chi connectivity index (χ1n) is 6.38. The first-order valence-corrected chi connectivity index (χ1v) is 6.38. The van der Waals surface area contributed by atoms with E-state index in [0.717, 1.165) is 6.54 Å². The van der Waals surface area contributed by atoms with Crippen molar-refractivity contribution in [2.24, 2.45) is 5.92 Å². The molecule has 0 N–H and O–H groups in total. The molecular weight excluding hydrogens is 202 g/mol. The second kappa shape index (κ2) is 7.02. The summed E-state index contributed by atoms with van der Waals surface area (Å²) in [6.07, 6.45) is 5.15. The van der Waals surface area contributed by atoms with Crippen LogP contribution in [0.2, 0.25) is 0 Å². The van der Waals surface area contributed by atoms with Gasteiger partial charge >= 0.3 is 0 Å². The van der Waals surface area contributed by atoms with Crippen molar-refractivity contribution >= 4 is 5.78 Å². The molecular formula is C13H25NO2. The first kappa shape index (κ1) is 13.7. The Morgan fingerprint density at radius 1 is 1.38 bits per heavy atom. The molecule has 3 heteroatoms. The van der Waals surface area contributed by atoms with Gasteiger partial charge in [0.25, 0.3) is 0 Å². The molecule has 0 bridgehead atoms. The van der Waals surface area contributed by atoms with Gasteiger partial charge in [0.2, 0.25) is 0 Å². The molecule has 16 heavy (non-hydrogen) atoms. The minimum absolute atomic E-state index is 0.204. The van der Waals surface area contributed by atoms with Crippen molar-refractivity contribution in [3.8, 4) is 0 Å². The van der Waals surface area contributed by atoms with E-state index in [1.165, 1.54) is 25.7 Å². The summed E-state index contributed by atoms with van der Waals surface area (Å²) in [6, 6.07) is 0.628. The van der Waals surface area contributed by atoms with Crippen LogP contribution in [0.3, 0.4) is 0 Å². The largest absolute Gasteiger partial charge is 0.377 e. The smallest absolute Gasteiger partial charge is 0.172 e. The van der Waals surface area contributed by atoms with Crippen LogP contribution in [0, 0.1) is 5.92 Å². The molecule has 0 aliphatic heterocycles. The SMILES string of the molecule is COCC(=O)CN(CC(C)C)C1CCCC1. The number of methoxy groups -OCH3 is 1. The lowest BCUT2D eigenvalue weighted by Gasteiger charge is -2.29. The van der Waals surface area contributed by atoms with Gasteiger partial charge in [-0.15, -0.1) is 0 Å². The Morgan fingerprint density at radius 2 is 2.00 bits per heavy atom. The fraction of sp³-hybridized carbons (Fsp3) is 0.923. The van der Waals surface area contributed by atoms with Gasteiger partial charge < -0.3 is 4.74 Å². The van der Waals surface area contributed by atoms with E-state index in [2.05, 4.69) is 18.7 Å². The molecule has 0 unspecified atom stereocenters. The first-order chi connectivity index (χ1) is 7.63. The topological polar surface area (TPSA) is 29.5 Å². The molecule has 0 aromatic rings.